The lowest BCUT2D eigenvalue weighted by molar-refractivity contribution is -0.141. The van der Waals surface area contributed by atoms with Crippen molar-refractivity contribution < 1.29 is 19.8 Å². The number of rotatable bonds is 6. The first-order valence-electron chi connectivity index (χ1n) is 6.64. The Bertz CT molecular complexity index is 312. The molecule has 0 radical (unpaired) electrons. The van der Waals surface area contributed by atoms with Gasteiger partial charge in [0.05, 0.1) is 11.5 Å². The average Bonchev–Trinajstić information content (AvgIpc) is 2.85. The second kappa shape index (κ2) is 6.18. The molecule has 0 saturated heterocycles. The Morgan fingerprint density at radius 1 is 1.22 bits per heavy atom. The molecule has 0 heterocycles. The summed E-state index contributed by atoms with van der Waals surface area (Å²) in [5.41, 5.74) is -0.847. The molecule has 1 aliphatic rings. The molecule has 0 aromatic heterocycles. The minimum atomic E-state index is -0.847. The molecule has 5 heteroatoms. The zero-order valence-electron chi connectivity index (χ0n) is 11.1. The predicted octanol–water partition coefficient (Wildman–Crippen LogP) is 1.15. The third-order valence-corrected chi connectivity index (χ3v) is 4.06. The van der Waals surface area contributed by atoms with Gasteiger partial charge in [-0.05, 0) is 32.1 Å². The van der Waals surface area contributed by atoms with E-state index in [0.29, 0.717) is 32.1 Å². The zero-order valence-corrected chi connectivity index (χ0v) is 11.1. The molecule has 0 aliphatic heterocycles. The van der Waals surface area contributed by atoms with Crippen LogP contribution in [-0.4, -0.2) is 34.2 Å². The fourth-order valence-electron chi connectivity index (χ4n) is 2.34. The highest BCUT2D eigenvalue weighted by molar-refractivity contribution is 5.80. The van der Waals surface area contributed by atoms with E-state index in [1.807, 2.05) is 13.8 Å². The van der Waals surface area contributed by atoms with Crippen molar-refractivity contribution >= 4 is 11.9 Å². The fourth-order valence-corrected chi connectivity index (χ4v) is 2.34. The first-order valence-corrected chi connectivity index (χ1v) is 6.64. The predicted molar refractivity (Wildman–Crippen MR) is 67.0 cm³/mol. The Labute approximate surface area is 108 Å². The standard InChI is InChI=1S/C13H23NO4/c1-3-13(18,4-2)8-14-11(15)9-5-6-10(7-9)12(16)17/h9-10,18H,3-8H2,1-2H3,(H,14,15)(H,16,17)/t9-,10+/m1/s1. The van der Waals surface area contributed by atoms with Crippen LogP contribution in [0, 0.1) is 11.8 Å². The van der Waals surface area contributed by atoms with Crippen molar-refractivity contribution in [1.82, 2.24) is 5.32 Å². The summed E-state index contributed by atoms with van der Waals surface area (Å²) in [6, 6.07) is 0. The molecule has 0 unspecified atom stereocenters. The van der Waals surface area contributed by atoms with Crippen LogP contribution in [0.5, 0.6) is 0 Å². The molecule has 2 atom stereocenters. The van der Waals surface area contributed by atoms with Crippen molar-refractivity contribution in [2.24, 2.45) is 11.8 Å². The first-order chi connectivity index (χ1) is 8.41. The number of nitrogens with one attached hydrogen (secondary N) is 1. The molecule has 0 aromatic rings. The van der Waals surface area contributed by atoms with Crippen molar-refractivity contribution in [2.75, 3.05) is 6.54 Å². The summed E-state index contributed by atoms with van der Waals surface area (Å²) >= 11 is 0. The molecule has 1 saturated carbocycles. The number of hydrogen-bond donors (Lipinski definition) is 3. The molecule has 18 heavy (non-hydrogen) atoms. The minimum Gasteiger partial charge on any atom is -0.481 e. The van der Waals surface area contributed by atoms with Crippen molar-refractivity contribution in [3.05, 3.63) is 0 Å². The number of amides is 1. The van der Waals surface area contributed by atoms with Gasteiger partial charge in [-0.1, -0.05) is 13.8 Å². The van der Waals surface area contributed by atoms with E-state index in [-0.39, 0.29) is 18.4 Å². The van der Waals surface area contributed by atoms with Crippen LogP contribution < -0.4 is 5.32 Å². The quantitative estimate of drug-likeness (QED) is 0.666. The molecule has 5 nitrogen and oxygen atoms in total. The SMILES string of the molecule is CCC(O)(CC)CNC(=O)[C@@H]1CC[C@H](C(=O)O)C1. The second-order valence-electron chi connectivity index (χ2n) is 5.19. The lowest BCUT2D eigenvalue weighted by Gasteiger charge is -2.26. The number of carboxylic acid groups (broad SMARTS) is 1. The van der Waals surface area contributed by atoms with E-state index in [0.717, 1.165) is 0 Å². The summed E-state index contributed by atoms with van der Waals surface area (Å²) in [5.74, 6) is -1.55. The number of hydrogen-bond acceptors (Lipinski definition) is 3. The highest BCUT2D eigenvalue weighted by atomic mass is 16.4. The van der Waals surface area contributed by atoms with Gasteiger partial charge in [-0.15, -0.1) is 0 Å². The molecule has 1 amide bonds. The lowest BCUT2D eigenvalue weighted by Crippen LogP contribution is -2.43. The van der Waals surface area contributed by atoms with Crippen LogP contribution in [0.15, 0.2) is 0 Å². The van der Waals surface area contributed by atoms with Crippen LogP contribution in [-0.2, 0) is 9.59 Å². The van der Waals surface area contributed by atoms with Crippen molar-refractivity contribution in [3.63, 3.8) is 0 Å². The molecule has 0 bridgehead atoms. The van der Waals surface area contributed by atoms with E-state index in [1.165, 1.54) is 0 Å². The third kappa shape index (κ3) is 3.70. The molecular weight excluding hydrogens is 234 g/mol. The van der Waals surface area contributed by atoms with Gasteiger partial charge in [0.2, 0.25) is 5.91 Å². The van der Waals surface area contributed by atoms with Crippen LogP contribution in [0.4, 0.5) is 0 Å². The van der Waals surface area contributed by atoms with Gasteiger partial charge in [-0.3, -0.25) is 9.59 Å². The Hall–Kier alpha value is -1.10. The van der Waals surface area contributed by atoms with E-state index in [2.05, 4.69) is 5.32 Å². The highest BCUT2D eigenvalue weighted by Crippen LogP contribution is 2.31. The molecule has 3 N–H and O–H groups in total. The minimum absolute atomic E-state index is 0.126. The summed E-state index contributed by atoms with van der Waals surface area (Å²) in [6.45, 7) is 4.00. The molecule has 1 aliphatic carbocycles. The van der Waals surface area contributed by atoms with Crippen molar-refractivity contribution in [2.45, 2.75) is 51.6 Å². The van der Waals surface area contributed by atoms with Gasteiger partial charge >= 0.3 is 5.97 Å². The van der Waals surface area contributed by atoms with Crippen LogP contribution in [0.25, 0.3) is 0 Å². The third-order valence-electron chi connectivity index (χ3n) is 4.06. The Morgan fingerprint density at radius 2 is 1.78 bits per heavy atom. The largest absolute Gasteiger partial charge is 0.481 e. The number of carbonyl (C=O) groups is 2. The first kappa shape index (κ1) is 15.0. The van der Waals surface area contributed by atoms with Gasteiger partial charge in [0, 0.05) is 12.5 Å². The van der Waals surface area contributed by atoms with Gasteiger partial charge in [0.1, 0.15) is 0 Å². The maximum Gasteiger partial charge on any atom is 0.306 e. The lowest BCUT2D eigenvalue weighted by atomic mass is 9.97. The summed E-state index contributed by atoms with van der Waals surface area (Å²) in [6.07, 6.45) is 2.79. The Balaban J connectivity index is 2.41. The van der Waals surface area contributed by atoms with Crippen molar-refractivity contribution in [3.8, 4) is 0 Å². The summed E-state index contributed by atoms with van der Waals surface area (Å²) in [7, 11) is 0. The topological polar surface area (TPSA) is 86.6 Å². The van der Waals surface area contributed by atoms with Gasteiger partial charge in [0.25, 0.3) is 0 Å². The second-order valence-corrected chi connectivity index (χ2v) is 5.19. The number of aliphatic hydroxyl groups is 1. The van der Waals surface area contributed by atoms with Gasteiger partial charge in [-0.25, -0.2) is 0 Å². The van der Waals surface area contributed by atoms with Gasteiger partial charge < -0.3 is 15.5 Å². The normalized spacial score (nSPS) is 23.9. The average molecular weight is 257 g/mol. The van der Waals surface area contributed by atoms with E-state index >= 15 is 0 Å². The number of carbonyl (C=O) groups excluding carboxylic acids is 1. The van der Waals surface area contributed by atoms with Gasteiger partial charge in [-0.2, -0.15) is 0 Å². The fraction of sp³-hybridized carbons (Fsp3) is 0.846. The maximum atomic E-state index is 11.9. The molecule has 104 valence electrons. The summed E-state index contributed by atoms with van der Waals surface area (Å²) in [4.78, 5) is 22.7. The maximum absolute atomic E-state index is 11.9. The smallest absolute Gasteiger partial charge is 0.306 e. The number of carboxylic acids is 1. The van der Waals surface area contributed by atoms with E-state index in [1.54, 1.807) is 0 Å². The van der Waals surface area contributed by atoms with Crippen LogP contribution in [0.2, 0.25) is 0 Å². The Kier molecular flexibility index (Phi) is 5.14. The van der Waals surface area contributed by atoms with E-state index in [9.17, 15) is 14.7 Å². The Morgan fingerprint density at radius 3 is 2.22 bits per heavy atom. The van der Waals surface area contributed by atoms with Crippen LogP contribution in [0.3, 0.4) is 0 Å². The van der Waals surface area contributed by atoms with Crippen LogP contribution >= 0.6 is 0 Å². The summed E-state index contributed by atoms with van der Waals surface area (Å²) < 4.78 is 0. The molecule has 1 fully saturated rings. The zero-order chi connectivity index (χ0) is 13.8. The highest BCUT2D eigenvalue weighted by Gasteiger charge is 2.34. The molecular formula is C13H23NO4. The van der Waals surface area contributed by atoms with E-state index in [4.69, 9.17) is 5.11 Å². The summed E-state index contributed by atoms with van der Waals surface area (Å²) in [5, 5.41) is 21.7. The molecule has 0 aromatic carbocycles. The monoisotopic (exact) mass is 257 g/mol. The van der Waals surface area contributed by atoms with Crippen LogP contribution in [0.1, 0.15) is 46.0 Å². The molecule has 1 rings (SSSR count). The van der Waals surface area contributed by atoms with Crippen molar-refractivity contribution in [1.29, 1.82) is 0 Å². The molecule has 0 spiro atoms. The van der Waals surface area contributed by atoms with E-state index < -0.39 is 17.5 Å². The van der Waals surface area contributed by atoms with Gasteiger partial charge in [0.15, 0.2) is 0 Å². The number of aliphatic carboxylic acids is 1.